The van der Waals surface area contributed by atoms with Crippen LogP contribution < -0.4 is 0 Å². The van der Waals surface area contributed by atoms with E-state index in [9.17, 15) is 4.79 Å². The lowest BCUT2D eigenvalue weighted by Gasteiger charge is -2.27. The molecule has 0 saturated carbocycles. The third-order valence-corrected chi connectivity index (χ3v) is 2.31. The van der Waals surface area contributed by atoms with E-state index in [1.54, 1.807) is 0 Å². The van der Waals surface area contributed by atoms with Crippen molar-refractivity contribution < 1.29 is 9.90 Å². The fraction of sp³-hybridized carbons (Fsp3) is 0.889. The van der Waals surface area contributed by atoms with Gasteiger partial charge in [-0.1, -0.05) is 13.3 Å². The highest BCUT2D eigenvalue weighted by molar-refractivity contribution is 6.17. The smallest absolute Gasteiger partial charge is 0.407 e. The molecule has 0 aromatic rings. The summed E-state index contributed by atoms with van der Waals surface area (Å²) in [5.41, 5.74) is 0. The fourth-order valence-corrected chi connectivity index (χ4v) is 1.72. The highest BCUT2D eigenvalue weighted by Gasteiger charge is 2.19. The van der Waals surface area contributed by atoms with E-state index in [1.807, 2.05) is 6.92 Å². The maximum Gasteiger partial charge on any atom is 0.407 e. The average Bonchev–Trinajstić information content (AvgIpc) is 2.05. The number of nitrogens with zero attached hydrogens (tertiary/aromatic N) is 1. The molecular weight excluding hydrogens is 190 g/mol. The van der Waals surface area contributed by atoms with Gasteiger partial charge in [-0.3, -0.25) is 0 Å². The summed E-state index contributed by atoms with van der Waals surface area (Å²) in [6, 6.07) is 0.0880. The molecule has 0 saturated heterocycles. The lowest BCUT2D eigenvalue weighted by Crippen LogP contribution is -2.39. The molecule has 1 unspecified atom stereocenters. The van der Waals surface area contributed by atoms with Gasteiger partial charge in [0.25, 0.3) is 0 Å². The van der Waals surface area contributed by atoms with Gasteiger partial charge in [-0.25, -0.2) is 4.79 Å². The van der Waals surface area contributed by atoms with E-state index in [0.717, 1.165) is 19.3 Å². The van der Waals surface area contributed by atoms with Gasteiger partial charge in [0.15, 0.2) is 0 Å². The Balaban J connectivity index is 4.20. The van der Waals surface area contributed by atoms with Gasteiger partial charge < -0.3 is 10.0 Å². The van der Waals surface area contributed by atoms with Crippen LogP contribution >= 0.6 is 11.6 Å². The molecule has 0 aromatic carbocycles. The van der Waals surface area contributed by atoms with Crippen LogP contribution in [-0.4, -0.2) is 34.6 Å². The molecule has 3 nitrogen and oxygen atoms in total. The van der Waals surface area contributed by atoms with Gasteiger partial charge in [0, 0.05) is 18.5 Å². The first-order valence-electron chi connectivity index (χ1n) is 4.72. The normalized spacial score (nSPS) is 12.5. The van der Waals surface area contributed by atoms with Crippen LogP contribution in [0.3, 0.4) is 0 Å². The van der Waals surface area contributed by atoms with Crippen molar-refractivity contribution >= 4 is 17.7 Å². The topological polar surface area (TPSA) is 40.5 Å². The van der Waals surface area contributed by atoms with Crippen molar-refractivity contribution in [3.8, 4) is 0 Å². The van der Waals surface area contributed by atoms with Gasteiger partial charge in [-0.05, 0) is 19.8 Å². The molecule has 0 radical (unpaired) electrons. The highest BCUT2D eigenvalue weighted by atomic mass is 35.5. The maximum atomic E-state index is 10.8. The molecule has 4 heteroatoms. The Morgan fingerprint density at radius 2 is 2.08 bits per heavy atom. The number of carboxylic acid groups (broad SMARTS) is 1. The third-order valence-electron chi connectivity index (χ3n) is 2.09. The molecule has 1 atom stereocenters. The molecule has 0 bridgehead atoms. The molecule has 0 aromatic heterocycles. The summed E-state index contributed by atoms with van der Waals surface area (Å²) in [5.74, 6) is 0.522. The predicted molar refractivity (Wildman–Crippen MR) is 54.4 cm³/mol. The van der Waals surface area contributed by atoms with E-state index >= 15 is 0 Å². The zero-order valence-corrected chi connectivity index (χ0v) is 9.05. The number of rotatable bonds is 6. The average molecular weight is 208 g/mol. The standard InChI is InChI=1S/C9H18ClNO2/c1-3-5-8(6-7-10)11(4-2)9(12)13/h8H,3-7H2,1-2H3,(H,12,13). The number of alkyl halides is 1. The minimum Gasteiger partial charge on any atom is -0.465 e. The molecule has 78 valence electrons. The van der Waals surface area contributed by atoms with E-state index in [4.69, 9.17) is 16.7 Å². The molecule has 1 N–H and O–H groups in total. The summed E-state index contributed by atoms with van der Waals surface area (Å²) < 4.78 is 0. The Morgan fingerprint density at radius 1 is 1.46 bits per heavy atom. The lowest BCUT2D eigenvalue weighted by atomic mass is 10.1. The van der Waals surface area contributed by atoms with Crippen LogP contribution in [0.5, 0.6) is 0 Å². The monoisotopic (exact) mass is 207 g/mol. The van der Waals surface area contributed by atoms with Crippen molar-refractivity contribution in [1.29, 1.82) is 0 Å². The van der Waals surface area contributed by atoms with Gasteiger partial charge in [-0.2, -0.15) is 0 Å². The Bertz CT molecular complexity index is 147. The van der Waals surface area contributed by atoms with Crippen LogP contribution in [-0.2, 0) is 0 Å². The fourth-order valence-electron chi connectivity index (χ4n) is 1.46. The second-order valence-electron chi connectivity index (χ2n) is 2.99. The zero-order chi connectivity index (χ0) is 10.3. The van der Waals surface area contributed by atoms with E-state index in [0.29, 0.717) is 12.4 Å². The van der Waals surface area contributed by atoms with Gasteiger partial charge in [0.1, 0.15) is 0 Å². The van der Waals surface area contributed by atoms with Crippen molar-refractivity contribution in [2.24, 2.45) is 0 Å². The van der Waals surface area contributed by atoms with E-state index in [1.165, 1.54) is 4.90 Å². The Labute approximate surface area is 84.7 Å². The van der Waals surface area contributed by atoms with Crippen molar-refractivity contribution in [1.82, 2.24) is 4.90 Å². The van der Waals surface area contributed by atoms with E-state index in [-0.39, 0.29) is 6.04 Å². The Kier molecular flexibility index (Phi) is 6.77. The van der Waals surface area contributed by atoms with Crippen LogP contribution in [0.25, 0.3) is 0 Å². The van der Waals surface area contributed by atoms with Crippen LogP contribution in [0.4, 0.5) is 4.79 Å². The summed E-state index contributed by atoms with van der Waals surface area (Å²) in [7, 11) is 0. The van der Waals surface area contributed by atoms with Crippen molar-refractivity contribution in [3.05, 3.63) is 0 Å². The van der Waals surface area contributed by atoms with Crippen LogP contribution in [0.15, 0.2) is 0 Å². The first-order valence-corrected chi connectivity index (χ1v) is 5.26. The summed E-state index contributed by atoms with van der Waals surface area (Å²) in [6.45, 7) is 4.44. The molecule has 0 heterocycles. The van der Waals surface area contributed by atoms with Crippen LogP contribution in [0, 0.1) is 0 Å². The quantitative estimate of drug-likeness (QED) is 0.681. The minimum atomic E-state index is -0.842. The summed E-state index contributed by atoms with van der Waals surface area (Å²) in [4.78, 5) is 12.3. The third kappa shape index (κ3) is 4.36. The number of halogens is 1. The number of hydrogen-bond acceptors (Lipinski definition) is 1. The Hall–Kier alpha value is -0.440. The SMILES string of the molecule is CCCC(CCCl)N(CC)C(=O)O. The minimum absolute atomic E-state index is 0.0880. The molecule has 13 heavy (non-hydrogen) atoms. The van der Waals surface area contributed by atoms with Crippen molar-refractivity contribution in [2.45, 2.75) is 39.2 Å². The molecule has 0 rings (SSSR count). The molecule has 1 amide bonds. The van der Waals surface area contributed by atoms with Gasteiger partial charge in [0.05, 0.1) is 0 Å². The number of amides is 1. The molecular formula is C9H18ClNO2. The molecule has 0 aliphatic rings. The van der Waals surface area contributed by atoms with E-state index < -0.39 is 6.09 Å². The summed E-state index contributed by atoms with van der Waals surface area (Å²) >= 11 is 5.62. The van der Waals surface area contributed by atoms with Gasteiger partial charge >= 0.3 is 6.09 Å². The molecule has 0 spiro atoms. The molecule has 0 fully saturated rings. The van der Waals surface area contributed by atoms with E-state index in [2.05, 4.69) is 6.92 Å². The Morgan fingerprint density at radius 3 is 2.38 bits per heavy atom. The highest BCUT2D eigenvalue weighted by Crippen LogP contribution is 2.12. The summed E-state index contributed by atoms with van der Waals surface area (Å²) in [5, 5.41) is 8.88. The van der Waals surface area contributed by atoms with Gasteiger partial charge in [0.2, 0.25) is 0 Å². The maximum absolute atomic E-state index is 10.8. The van der Waals surface area contributed by atoms with Gasteiger partial charge in [-0.15, -0.1) is 11.6 Å². The second-order valence-corrected chi connectivity index (χ2v) is 3.37. The number of carbonyl (C=O) groups is 1. The first kappa shape index (κ1) is 12.6. The molecule has 0 aliphatic carbocycles. The zero-order valence-electron chi connectivity index (χ0n) is 8.29. The van der Waals surface area contributed by atoms with Crippen molar-refractivity contribution in [3.63, 3.8) is 0 Å². The van der Waals surface area contributed by atoms with Crippen molar-refractivity contribution in [2.75, 3.05) is 12.4 Å². The van der Waals surface area contributed by atoms with Crippen LogP contribution in [0.2, 0.25) is 0 Å². The summed E-state index contributed by atoms with van der Waals surface area (Å²) in [6.07, 6.45) is 1.79. The number of hydrogen-bond donors (Lipinski definition) is 1. The largest absolute Gasteiger partial charge is 0.465 e. The predicted octanol–water partition coefficient (Wildman–Crippen LogP) is 2.78. The second kappa shape index (κ2) is 7.01. The van der Waals surface area contributed by atoms with Crippen LogP contribution in [0.1, 0.15) is 33.1 Å². The lowest BCUT2D eigenvalue weighted by molar-refractivity contribution is 0.123. The molecule has 0 aliphatic heterocycles. The first-order chi connectivity index (χ1) is 6.17.